The SMILES string of the molecule is Cc1nn(Cc2cccc(Br)c2)c(C)c1C(C)Cl. The Kier molecular flexibility index (Phi) is 4.13. The lowest BCUT2D eigenvalue weighted by molar-refractivity contribution is 0.658. The molecular weight excluding hydrogens is 312 g/mol. The van der Waals surface area contributed by atoms with E-state index >= 15 is 0 Å². The molecule has 1 aromatic carbocycles. The van der Waals surface area contributed by atoms with Crippen molar-refractivity contribution in [1.82, 2.24) is 9.78 Å². The summed E-state index contributed by atoms with van der Waals surface area (Å²) in [5.41, 5.74) is 4.54. The van der Waals surface area contributed by atoms with E-state index < -0.39 is 0 Å². The van der Waals surface area contributed by atoms with Gasteiger partial charge in [-0.2, -0.15) is 5.10 Å². The lowest BCUT2D eigenvalue weighted by Gasteiger charge is -2.07. The van der Waals surface area contributed by atoms with Crippen LogP contribution in [-0.2, 0) is 6.54 Å². The maximum atomic E-state index is 6.19. The van der Waals surface area contributed by atoms with Gasteiger partial charge in [-0.15, -0.1) is 11.6 Å². The van der Waals surface area contributed by atoms with Gasteiger partial charge in [0.15, 0.2) is 0 Å². The molecule has 0 bridgehead atoms. The zero-order valence-corrected chi connectivity index (χ0v) is 13.1. The summed E-state index contributed by atoms with van der Waals surface area (Å²) >= 11 is 9.68. The van der Waals surface area contributed by atoms with Crippen LogP contribution < -0.4 is 0 Å². The number of benzene rings is 1. The van der Waals surface area contributed by atoms with Crippen LogP contribution >= 0.6 is 27.5 Å². The average molecular weight is 328 g/mol. The number of hydrogen-bond donors (Lipinski definition) is 0. The zero-order valence-electron chi connectivity index (χ0n) is 10.7. The molecule has 18 heavy (non-hydrogen) atoms. The van der Waals surface area contributed by atoms with Crippen molar-refractivity contribution in [3.05, 3.63) is 51.3 Å². The topological polar surface area (TPSA) is 17.8 Å². The van der Waals surface area contributed by atoms with E-state index in [-0.39, 0.29) is 5.38 Å². The van der Waals surface area contributed by atoms with E-state index in [0.29, 0.717) is 0 Å². The van der Waals surface area contributed by atoms with Crippen molar-refractivity contribution in [1.29, 1.82) is 0 Å². The Morgan fingerprint density at radius 1 is 1.39 bits per heavy atom. The minimum atomic E-state index is 0.00117. The van der Waals surface area contributed by atoms with Gasteiger partial charge >= 0.3 is 0 Å². The number of aromatic nitrogens is 2. The van der Waals surface area contributed by atoms with Gasteiger partial charge in [0.1, 0.15) is 0 Å². The molecule has 0 saturated carbocycles. The van der Waals surface area contributed by atoms with Gasteiger partial charge in [-0.25, -0.2) is 0 Å². The summed E-state index contributed by atoms with van der Waals surface area (Å²) in [6, 6.07) is 8.28. The maximum Gasteiger partial charge on any atom is 0.0663 e. The fraction of sp³-hybridized carbons (Fsp3) is 0.357. The van der Waals surface area contributed by atoms with Crippen LogP contribution in [0.25, 0.3) is 0 Å². The Balaban J connectivity index is 2.33. The molecule has 96 valence electrons. The zero-order chi connectivity index (χ0) is 13.3. The van der Waals surface area contributed by atoms with Gasteiger partial charge < -0.3 is 0 Å². The van der Waals surface area contributed by atoms with Gasteiger partial charge in [-0.1, -0.05) is 28.1 Å². The second-order valence-electron chi connectivity index (χ2n) is 4.49. The Bertz CT molecular complexity index is 561. The first kappa shape index (κ1) is 13.6. The lowest BCUT2D eigenvalue weighted by Crippen LogP contribution is -2.04. The summed E-state index contributed by atoms with van der Waals surface area (Å²) in [7, 11) is 0. The Morgan fingerprint density at radius 2 is 2.11 bits per heavy atom. The molecule has 2 rings (SSSR count). The third-order valence-electron chi connectivity index (χ3n) is 3.06. The van der Waals surface area contributed by atoms with Crippen LogP contribution in [0.4, 0.5) is 0 Å². The van der Waals surface area contributed by atoms with Crippen molar-refractivity contribution in [3.63, 3.8) is 0 Å². The van der Waals surface area contributed by atoms with Crippen molar-refractivity contribution < 1.29 is 0 Å². The summed E-state index contributed by atoms with van der Waals surface area (Å²) in [4.78, 5) is 0. The molecule has 0 aliphatic rings. The van der Waals surface area contributed by atoms with E-state index in [1.54, 1.807) is 0 Å². The molecule has 4 heteroatoms. The predicted octanol–water partition coefficient (Wildman–Crippen LogP) is 4.61. The van der Waals surface area contributed by atoms with Gasteiger partial charge in [0.05, 0.1) is 17.6 Å². The summed E-state index contributed by atoms with van der Waals surface area (Å²) in [6.45, 7) is 6.85. The molecule has 0 amide bonds. The smallest absolute Gasteiger partial charge is 0.0663 e. The molecule has 0 radical (unpaired) electrons. The molecule has 1 heterocycles. The van der Waals surface area contributed by atoms with Crippen molar-refractivity contribution in [2.75, 3.05) is 0 Å². The maximum absolute atomic E-state index is 6.19. The quantitative estimate of drug-likeness (QED) is 0.753. The molecule has 2 nitrogen and oxygen atoms in total. The minimum Gasteiger partial charge on any atom is -0.265 e. The molecule has 2 aromatic rings. The van der Waals surface area contributed by atoms with Crippen LogP contribution in [0.5, 0.6) is 0 Å². The number of aryl methyl sites for hydroxylation is 1. The van der Waals surface area contributed by atoms with Crippen molar-refractivity contribution >= 4 is 27.5 Å². The van der Waals surface area contributed by atoms with Crippen LogP contribution in [0.1, 0.15) is 34.8 Å². The molecule has 1 atom stereocenters. The molecule has 0 fully saturated rings. The Hall–Kier alpha value is -0.800. The highest BCUT2D eigenvalue weighted by molar-refractivity contribution is 9.10. The second kappa shape index (κ2) is 5.45. The summed E-state index contributed by atoms with van der Waals surface area (Å²) < 4.78 is 3.11. The first-order chi connectivity index (χ1) is 8.49. The van der Waals surface area contributed by atoms with E-state index in [0.717, 1.165) is 28.0 Å². The highest BCUT2D eigenvalue weighted by Gasteiger charge is 2.15. The number of hydrogen-bond acceptors (Lipinski definition) is 1. The largest absolute Gasteiger partial charge is 0.265 e. The van der Waals surface area contributed by atoms with E-state index in [1.807, 2.05) is 30.7 Å². The van der Waals surface area contributed by atoms with E-state index in [9.17, 15) is 0 Å². The van der Waals surface area contributed by atoms with Crippen molar-refractivity contribution in [2.24, 2.45) is 0 Å². The Labute approximate surface area is 121 Å². The molecule has 1 aromatic heterocycles. The van der Waals surface area contributed by atoms with Crippen LogP contribution in [0, 0.1) is 13.8 Å². The first-order valence-corrected chi connectivity index (χ1v) is 7.14. The van der Waals surface area contributed by atoms with Crippen LogP contribution in [-0.4, -0.2) is 9.78 Å². The molecule has 1 unspecified atom stereocenters. The fourth-order valence-electron chi connectivity index (χ4n) is 2.25. The molecule has 0 spiro atoms. The molecule has 0 aliphatic carbocycles. The van der Waals surface area contributed by atoms with E-state index in [4.69, 9.17) is 11.6 Å². The van der Waals surface area contributed by atoms with Crippen LogP contribution in [0.15, 0.2) is 28.7 Å². The van der Waals surface area contributed by atoms with Crippen molar-refractivity contribution in [3.8, 4) is 0 Å². The average Bonchev–Trinajstić information content (AvgIpc) is 2.54. The van der Waals surface area contributed by atoms with Crippen molar-refractivity contribution in [2.45, 2.75) is 32.7 Å². The standard InChI is InChI=1S/C14H16BrClN2/c1-9(16)14-10(2)17-18(11(14)3)8-12-5-4-6-13(15)7-12/h4-7,9H,8H2,1-3H3. The monoisotopic (exact) mass is 326 g/mol. The van der Waals surface area contributed by atoms with Crippen LogP contribution in [0.2, 0.25) is 0 Å². The summed E-state index contributed by atoms with van der Waals surface area (Å²) in [5.74, 6) is 0. The molecule has 0 aliphatic heterocycles. The van der Waals surface area contributed by atoms with E-state index in [1.165, 1.54) is 5.56 Å². The first-order valence-electron chi connectivity index (χ1n) is 5.91. The highest BCUT2D eigenvalue weighted by Crippen LogP contribution is 2.26. The summed E-state index contributed by atoms with van der Waals surface area (Å²) in [6.07, 6.45) is 0. The van der Waals surface area contributed by atoms with Gasteiger partial charge in [-0.3, -0.25) is 4.68 Å². The predicted molar refractivity (Wildman–Crippen MR) is 79.2 cm³/mol. The molecular formula is C14H16BrClN2. The normalized spacial score (nSPS) is 12.7. The number of nitrogens with zero attached hydrogens (tertiary/aromatic N) is 2. The number of alkyl halides is 1. The highest BCUT2D eigenvalue weighted by atomic mass is 79.9. The molecule has 0 N–H and O–H groups in total. The minimum absolute atomic E-state index is 0.00117. The fourth-order valence-corrected chi connectivity index (χ4v) is 3.01. The van der Waals surface area contributed by atoms with Gasteiger partial charge in [0.25, 0.3) is 0 Å². The van der Waals surface area contributed by atoms with Gasteiger partial charge in [0, 0.05) is 15.7 Å². The van der Waals surface area contributed by atoms with E-state index in [2.05, 4.69) is 40.1 Å². The third kappa shape index (κ3) is 2.78. The molecule has 0 saturated heterocycles. The van der Waals surface area contributed by atoms with Gasteiger partial charge in [0.2, 0.25) is 0 Å². The number of rotatable bonds is 3. The van der Waals surface area contributed by atoms with Gasteiger partial charge in [-0.05, 0) is 38.5 Å². The number of halogens is 2. The second-order valence-corrected chi connectivity index (χ2v) is 6.06. The summed E-state index contributed by atoms with van der Waals surface area (Å²) in [5, 5.41) is 4.57. The third-order valence-corrected chi connectivity index (χ3v) is 3.77. The Morgan fingerprint density at radius 3 is 2.67 bits per heavy atom. The van der Waals surface area contributed by atoms with Crippen LogP contribution in [0.3, 0.4) is 0 Å². The lowest BCUT2D eigenvalue weighted by atomic mass is 10.1.